The highest BCUT2D eigenvalue weighted by molar-refractivity contribution is 5.97. The number of carbonyl (C=O) groups excluding carboxylic acids is 2. The summed E-state index contributed by atoms with van der Waals surface area (Å²) in [6.07, 6.45) is 5.91. The van der Waals surface area contributed by atoms with Crippen LogP contribution in [0.25, 0.3) is 0 Å². The maximum absolute atomic E-state index is 12.6. The van der Waals surface area contributed by atoms with Crippen molar-refractivity contribution in [2.75, 3.05) is 24.7 Å². The van der Waals surface area contributed by atoms with Crippen molar-refractivity contribution >= 4 is 17.5 Å². The van der Waals surface area contributed by atoms with Crippen LogP contribution in [0.2, 0.25) is 0 Å². The van der Waals surface area contributed by atoms with Crippen LogP contribution in [-0.2, 0) is 16.0 Å². The molecule has 6 heteroatoms. The Hall–Kier alpha value is -2.73. The van der Waals surface area contributed by atoms with Crippen molar-refractivity contribution in [2.24, 2.45) is 5.92 Å². The summed E-state index contributed by atoms with van der Waals surface area (Å²) in [6, 6.07) is 11.2. The molecule has 2 saturated heterocycles. The van der Waals surface area contributed by atoms with Crippen LogP contribution in [0, 0.1) is 5.92 Å². The zero-order chi connectivity index (χ0) is 18.6. The minimum absolute atomic E-state index is 0.00879. The molecular formula is C21H23N3O3. The topological polar surface area (TPSA) is 71.5 Å². The van der Waals surface area contributed by atoms with Gasteiger partial charge in [0.15, 0.2) is 0 Å². The summed E-state index contributed by atoms with van der Waals surface area (Å²) in [5.41, 5.74) is 2.65. The zero-order valence-corrected chi connectivity index (χ0v) is 15.1. The van der Waals surface area contributed by atoms with E-state index < -0.39 is 0 Å². The quantitative estimate of drug-likeness (QED) is 0.882. The third kappa shape index (κ3) is 4.01. The Morgan fingerprint density at radius 3 is 2.63 bits per heavy atom. The number of benzene rings is 1. The van der Waals surface area contributed by atoms with Gasteiger partial charge >= 0.3 is 0 Å². The van der Waals surface area contributed by atoms with Gasteiger partial charge in [-0.1, -0.05) is 0 Å². The minimum atomic E-state index is -0.107. The average Bonchev–Trinajstić information content (AvgIpc) is 3.32. The van der Waals surface area contributed by atoms with Gasteiger partial charge in [0.1, 0.15) is 0 Å². The van der Waals surface area contributed by atoms with E-state index >= 15 is 0 Å². The van der Waals surface area contributed by atoms with Gasteiger partial charge in [0.05, 0.1) is 19.3 Å². The lowest BCUT2D eigenvalue weighted by Crippen LogP contribution is -2.40. The summed E-state index contributed by atoms with van der Waals surface area (Å²) in [5.74, 6) is 0.289. The van der Waals surface area contributed by atoms with Gasteiger partial charge in [0.2, 0.25) is 5.91 Å². The maximum Gasteiger partial charge on any atom is 0.251 e. The molecule has 0 spiro atoms. The van der Waals surface area contributed by atoms with Gasteiger partial charge < -0.3 is 15.0 Å². The lowest BCUT2D eigenvalue weighted by molar-refractivity contribution is -0.117. The molecule has 0 unspecified atom stereocenters. The number of rotatable bonds is 5. The molecule has 1 N–H and O–H groups in total. The van der Waals surface area contributed by atoms with Gasteiger partial charge in [-0.15, -0.1) is 0 Å². The molecule has 0 saturated carbocycles. The molecule has 3 heterocycles. The van der Waals surface area contributed by atoms with Gasteiger partial charge in [-0.3, -0.25) is 14.6 Å². The van der Waals surface area contributed by atoms with Crippen LogP contribution in [0.1, 0.15) is 28.8 Å². The Bertz CT molecular complexity index is 807. The van der Waals surface area contributed by atoms with E-state index in [1.54, 1.807) is 29.4 Å². The first-order chi connectivity index (χ1) is 13.2. The van der Waals surface area contributed by atoms with Crippen molar-refractivity contribution in [3.63, 3.8) is 0 Å². The molecule has 27 heavy (non-hydrogen) atoms. The molecule has 2 aliphatic heterocycles. The first-order valence-corrected chi connectivity index (χ1v) is 9.38. The standard InChI is InChI=1S/C21H23N3O3/c25-20-2-1-11-24(20)18-5-3-16(4-6-18)21(26)23-19-14-27-13-17(19)12-15-7-9-22-10-8-15/h3-10,17,19H,1-2,11-14H2,(H,23,26)/t17-,19-/m1/s1. The van der Waals surface area contributed by atoms with Crippen LogP contribution in [0.3, 0.4) is 0 Å². The molecule has 4 rings (SSSR count). The molecule has 0 bridgehead atoms. The lowest BCUT2D eigenvalue weighted by Gasteiger charge is -2.20. The fourth-order valence-electron chi connectivity index (χ4n) is 3.75. The summed E-state index contributed by atoms with van der Waals surface area (Å²) >= 11 is 0. The summed E-state index contributed by atoms with van der Waals surface area (Å²) in [5, 5.41) is 3.10. The highest BCUT2D eigenvalue weighted by atomic mass is 16.5. The third-order valence-electron chi connectivity index (χ3n) is 5.28. The number of aromatic nitrogens is 1. The van der Waals surface area contributed by atoms with Gasteiger partial charge in [-0.05, 0) is 54.8 Å². The van der Waals surface area contributed by atoms with E-state index in [1.165, 1.54) is 5.56 Å². The molecule has 2 atom stereocenters. The number of pyridine rings is 1. The van der Waals surface area contributed by atoms with Crippen LogP contribution in [0.15, 0.2) is 48.8 Å². The van der Waals surface area contributed by atoms with Crippen molar-refractivity contribution in [1.82, 2.24) is 10.3 Å². The molecule has 140 valence electrons. The van der Waals surface area contributed by atoms with E-state index in [4.69, 9.17) is 4.74 Å². The highest BCUT2D eigenvalue weighted by Gasteiger charge is 2.30. The zero-order valence-electron chi connectivity index (χ0n) is 15.1. The fourth-order valence-corrected chi connectivity index (χ4v) is 3.75. The normalized spacial score (nSPS) is 22.2. The van der Waals surface area contributed by atoms with Crippen LogP contribution in [-0.4, -0.2) is 42.6 Å². The molecule has 6 nitrogen and oxygen atoms in total. The van der Waals surface area contributed by atoms with Crippen molar-refractivity contribution in [3.8, 4) is 0 Å². The Morgan fingerprint density at radius 1 is 1.15 bits per heavy atom. The smallest absolute Gasteiger partial charge is 0.251 e. The van der Waals surface area contributed by atoms with Crippen molar-refractivity contribution in [3.05, 3.63) is 59.9 Å². The molecule has 2 amide bonds. The first kappa shape index (κ1) is 17.7. The number of hydrogen-bond acceptors (Lipinski definition) is 4. The van der Waals surface area contributed by atoms with Crippen molar-refractivity contribution in [1.29, 1.82) is 0 Å². The molecule has 2 aromatic rings. The molecule has 2 aliphatic rings. The largest absolute Gasteiger partial charge is 0.379 e. The van der Waals surface area contributed by atoms with Gasteiger partial charge in [-0.2, -0.15) is 0 Å². The monoisotopic (exact) mass is 365 g/mol. The third-order valence-corrected chi connectivity index (χ3v) is 5.28. The molecule has 0 radical (unpaired) electrons. The van der Waals surface area contributed by atoms with Gasteiger partial charge in [-0.25, -0.2) is 0 Å². The van der Waals surface area contributed by atoms with E-state index in [1.807, 2.05) is 24.3 Å². The van der Waals surface area contributed by atoms with E-state index in [-0.39, 0.29) is 23.8 Å². The number of hydrogen-bond donors (Lipinski definition) is 1. The first-order valence-electron chi connectivity index (χ1n) is 9.38. The van der Waals surface area contributed by atoms with E-state index in [2.05, 4.69) is 10.3 Å². The van der Waals surface area contributed by atoms with E-state index in [0.717, 1.165) is 25.1 Å². The second-order valence-corrected chi connectivity index (χ2v) is 7.13. The fraction of sp³-hybridized carbons (Fsp3) is 0.381. The lowest BCUT2D eigenvalue weighted by atomic mass is 9.95. The number of nitrogens with one attached hydrogen (secondary N) is 1. The number of amides is 2. The highest BCUT2D eigenvalue weighted by Crippen LogP contribution is 2.22. The summed E-state index contributed by atoms with van der Waals surface area (Å²) in [6.45, 7) is 1.92. The Labute approximate surface area is 158 Å². The predicted octanol–water partition coefficient (Wildman–Crippen LogP) is 2.20. The average molecular weight is 365 g/mol. The van der Waals surface area contributed by atoms with Crippen LogP contribution in [0.5, 0.6) is 0 Å². The SMILES string of the molecule is O=C(N[C@@H]1COC[C@H]1Cc1ccncc1)c1ccc(N2CCCC2=O)cc1. The number of anilines is 1. The Kier molecular flexibility index (Phi) is 5.16. The molecular weight excluding hydrogens is 342 g/mol. The molecule has 1 aromatic heterocycles. The predicted molar refractivity (Wildman–Crippen MR) is 102 cm³/mol. The Morgan fingerprint density at radius 2 is 1.93 bits per heavy atom. The molecule has 2 fully saturated rings. The van der Waals surface area contributed by atoms with Crippen molar-refractivity contribution < 1.29 is 14.3 Å². The molecule has 1 aromatic carbocycles. The number of carbonyl (C=O) groups is 2. The molecule has 0 aliphatic carbocycles. The summed E-state index contributed by atoms with van der Waals surface area (Å²) < 4.78 is 5.60. The maximum atomic E-state index is 12.6. The van der Waals surface area contributed by atoms with Gasteiger partial charge in [0.25, 0.3) is 5.91 Å². The minimum Gasteiger partial charge on any atom is -0.379 e. The van der Waals surface area contributed by atoms with Crippen LogP contribution >= 0.6 is 0 Å². The van der Waals surface area contributed by atoms with E-state index in [9.17, 15) is 9.59 Å². The van der Waals surface area contributed by atoms with Crippen LogP contribution < -0.4 is 10.2 Å². The van der Waals surface area contributed by atoms with Gasteiger partial charge in [0, 0.05) is 42.5 Å². The van der Waals surface area contributed by atoms with Crippen molar-refractivity contribution in [2.45, 2.75) is 25.3 Å². The second kappa shape index (κ2) is 7.88. The van der Waals surface area contributed by atoms with Crippen LogP contribution in [0.4, 0.5) is 5.69 Å². The second-order valence-electron chi connectivity index (χ2n) is 7.13. The number of nitrogens with zero attached hydrogens (tertiary/aromatic N) is 2. The summed E-state index contributed by atoms with van der Waals surface area (Å²) in [4.78, 5) is 30.3. The summed E-state index contributed by atoms with van der Waals surface area (Å²) in [7, 11) is 0. The Balaban J connectivity index is 1.38. The number of ether oxygens (including phenoxy) is 1. The van der Waals surface area contributed by atoms with E-state index in [0.29, 0.717) is 25.2 Å².